The molecule has 2 amide bonds. The van der Waals surface area contributed by atoms with Crippen LogP contribution in [0.15, 0.2) is 0 Å². The third-order valence-electron chi connectivity index (χ3n) is 5.33. The molecule has 0 bridgehead atoms. The summed E-state index contributed by atoms with van der Waals surface area (Å²) in [5.41, 5.74) is -0.190. The number of hydrogen-bond donors (Lipinski definition) is 2. The van der Waals surface area contributed by atoms with Crippen molar-refractivity contribution in [3.63, 3.8) is 0 Å². The van der Waals surface area contributed by atoms with E-state index in [0.717, 1.165) is 38.6 Å². The topological polar surface area (TPSA) is 52.6 Å². The van der Waals surface area contributed by atoms with Gasteiger partial charge in [0.2, 0.25) is 0 Å². The standard InChI is InChI=1S/C21H42N2O2/c1-5-6-7-8-9-10-11-14-17-23(21(2,3)4)20(25)22-18-15-12-13-16-19(18)24/h18-19,24H,5-17H2,1-4H3,(H,22,25)/t18-,19-/m0/s1. The highest BCUT2D eigenvalue weighted by molar-refractivity contribution is 5.75. The molecule has 0 spiro atoms. The lowest BCUT2D eigenvalue weighted by atomic mass is 9.92. The van der Waals surface area contributed by atoms with E-state index in [1.165, 1.54) is 44.9 Å². The molecule has 4 heteroatoms. The third kappa shape index (κ3) is 8.94. The molecule has 0 unspecified atom stereocenters. The van der Waals surface area contributed by atoms with Gasteiger partial charge < -0.3 is 15.3 Å². The van der Waals surface area contributed by atoms with Gasteiger partial charge in [-0.25, -0.2) is 4.79 Å². The van der Waals surface area contributed by atoms with E-state index in [-0.39, 0.29) is 23.7 Å². The predicted molar refractivity (Wildman–Crippen MR) is 106 cm³/mol. The van der Waals surface area contributed by atoms with E-state index in [1.807, 2.05) is 4.90 Å². The minimum atomic E-state index is -0.386. The van der Waals surface area contributed by atoms with E-state index in [2.05, 4.69) is 33.0 Å². The van der Waals surface area contributed by atoms with Crippen LogP contribution < -0.4 is 5.32 Å². The van der Waals surface area contributed by atoms with E-state index >= 15 is 0 Å². The number of carbonyl (C=O) groups excluding carboxylic acids is 1. The molecule has 2 N–H and O–H groups in total. The highest BCUT2D eigenvalue weighted by Crippen LogP contribution is 2.21. The molecule has 2 atom stereocenters. The number of unbranched alkanes of at least 4 members (excludes halogenated alkanes) is 7. The molecule has 0 aliphatic heterocycles. The van der Waals surface area contributed by atoms with Crippen molar-refractivity contribution in [2.24, 2.45) is 0 Å². The molecule has 0 aromatic rings. The first-order chi connectivity index (χ1) is 11.9. The molecule has 1 rings (SSSR count). The molecular formula is C21H42N2O2. The molecule has 0 saturated heterocycles. The fraction of sp³-hybridized carbons (Fsp3) is 0.952. The van der Waals surface area contributed by atoms with Crippen molar-refractivity contribution in [2.45, 2.75) is 122 Å². The Morgan fingerprint density at radius 3 is 2.12 bits per heavy atom. The van der Waals surface area contributed by atoms with E-state index in [1.54, 1.807) is 0 Å². The maximum absolute atomic E-state index is 12.7. The van der Waals surface area contributed by atoms with Crippen LogP contribution in [-0.4, -0.2) is 40.3 Å². The molecule has 148 valence electrons. The van der Waals surface area contributed by atoms with Gasteiger partial charge in [-0.15, -0.1) is 0 Å². The number of amides is 2. The largest absolute Gasteiger partial charge is 0.391 e. The molecule has 1 aliphatic rings. The number of nitrogens with one attached hydrogen (secondary N) is 1. The lowest BCUT2D eigenvalue weighted by molar-refractivity contribution is 0.0824. The van der Waals surface area contributed by atoms with Crippen LogP contribution >= 0.6 is 0 Å². The molecule has 0 aromatic carbocycles. The number of aliphatic hydroxyl groups excluding tert-OH is 1. The SMILES string of the molecule is CCCCCCCCCCN(C(=O)N[C@H]1CCCC[C@@H]1O)C(C)(C)C. The summed E-state index contributed by atoms with van der Waals surface area (Å²) in [6.45, 7) is 9.32. The van der Waals surface area contributed by atoms with Crippen LogP contribution in [-0.2, 0) is 0 Å². The second kappa shape index (κ2) is 11.8. The van der Waals surface area contributed by atoms with Crippen LogP contribution in [0.4, 0.5) is 4.79 Å². The van der Waals surface area contributed by atoms with Crippen LogP contribution in [0.2, 0.25) is 0 Å². The summed E-state index contributed by atoms with van der Waals surface area (Å²) in [5.74, 6) is 0. The highest BCUT2D eigenvalue weighted by Gasteiger charge is 2.30. The molecule has 0 heterocycles. The Morgan fingerprint density at radius 2 is 1.56 bits per heavy atom. The summed E-state index contributed by atoms with van der Waals surface area (Å²) >= 11 is 0. The molecular weight excluding hydrogens is 312 g/mol. The number of rotatable bonds is 10. The van der Waals surface area contributed by atoms with E-state index < -0.39 is 0 Å². The minimum absolute atomic E-state index is 0.0126. The minimum Gasteiger partial charge on any atom is -0.391 e. The van der Waals surface area contributed by atoms with E-state index in [0.29, 0.717) is 0 Å². The Labute approximate surface area is 155 Å². The van der Waals surface area contributed by atoms with Crippen LogP contribution in [0.25, 0.3) is 0 Å². The van der Waals surface area contributed by atoms with E-state index in [4.69, 9.17) is 0 Å². The Kier molecular flexibility index (Phi) is 10.5. The van der Waals surface area contributed by atoms with Gasteiger partial charge in [0.1, 0.15) is 0 Å². The van der Waals surface area contributed by atoms with Crippen molar-refractivity contribution in [2.75, 3.05) is 6.54 Å². The van der Waals surface area contributed by atoms with Crippen molar-refractivity contribution >= 4 is 6.03 Å². The average Bonchev–Trinajstić information content (AvgIpc) is 2.54. The Hall–Kier alpha value is -0.770. The summed E-state index contributed by atoms with van der Waals surface area (Å²) in [5, 5.41) is 13.2. The molecule has 1 fully saturated rings. The van der Waals surface area contributed by atoms with Gasteiger partial charge in [-0.1, -0.05) is 64.7 Å². The number of aliphatic hydroxyl groups is 1. The molecule has 4 nitrogen and oxygen atoms in total. The van der Waals surface area contributed by atoms with Crippen molar-refractivity contribution in [1.29, 1.82) is 0 Å². The van der Waals surface area contributed by atoms with Crippen molar-refractivity contribution < 1.29 is 9.90 Å². The Bertz CT molecular complexity index is 365. The Balaban J connectivity index is 2.34. The van der Waals surface area contributed by atoms with Crippen molar-refractivity contribution in [1.82, 2.24) is 10.2 Å². The zero-order chi connectivity index (χ0) is 18.7. The first-order valence-electron chi connectivity index (χ1n) is 10.6. The number of carbonyl (C=O) groups is 1. The monoisotopic (exact) mass is 354 g/mol. The molecule has 1 aliphatic carbocycles. The normalized spacial score (nSPS) is 21.2. The van der Waals surface area contributed by atoms with Crippen molar-refractivity contribution in [3.8, 4) is 0 Å². The van der Waals surface area contributed by atoms with Gasteiger partial charge in [0.15, 0.2) is 0 Å². The first kappa shape index (κ1) is 22.3. The van der Waals surface area contributed by atoms with Crippen molar-refractivity contribution in [3.05, 3.63) is 0 Å². The number of nitrogens with zero attached hydrogens (tertiary/aromatic N) is 1. The summed E-state index contributed by atoms with van der Waals surface area (Å²) < 4.78 is 0. The van der Waals surface area contributed by atoms with Gasteiger partial charge in [0.25, 0.3) is 0 Å². The quantitative estimate of drug-likeness (QED) is 0.527. The predicted octanol–water partition coefficient (Wildman–Crippen LogP) is 5.24. The van der Waals surface area contributed by atoms with Gasteiger partial charge in [-0.05, 0) is 40.0 Å². The smallest absolute Gasteiger partial charge is 0.318 e. The summed E-state index contributed by atoms with van der Waals surface area (Å²) in [6.07, 6.45) is 13.7. The van der Waals surface area contributed by atoms with Gasteiger partial charge >= 0.3 is 6.03 Å². The fourth-order valence-electron chi connectivity index (χ4n) is 3.66. The van der Waals surface area contributed by atoms with Gasteiger partial charge in [-0.2, -0.15) is 0 Å². The second-order valence-electron chi connectivity index (χ2n) is 8.71. The second-order valence-corrected chi connectivity index (χ2v) is 8.71. The average molecular weight is 355 g/mol. The molecule has 0 radical (unpaired) electrons. The van der Waals surface area contributed by atoms with Gasteiger partial charge in [-0.3, -0.25) is 0 Å². The number of hydrogen-bond acceptors (Lipinski definition) is 2. The summed E-state index contributed by atoms with van der Waals surface area (Å²) in [6, 6.07) is -0.0916. The summed E-state index contributed by atoms with van der Waals surface area (Å²) in [7, 11) is 0. The van der Waals surface area contributed by atoms with Crippen LogP contribution in [0.3, 0.4) is 0 Å². The zero-order valence-electron chi connectivity index (χ0n) is 17.1. The third-order valence-corrected chi connectivity index (χ3v) is 5.33. The molecule has 25 heavy (non-hydrogen) atoms. The first-order valence-corrected chi connectivity index (χ1v) is 10.6. The summed E-state index contributed by atoms with van der Waals surface area (Å²) in [4.78, 5) is 14.7. The molecule has 0 aromatic heterocycles. The lowest BCUT2D eigenvalue weighted by Crippen LogP contribution is -2.55. The van der Waals surface area contributed by atoms with Crippen LogP contribution in [0.5, 0.6) is 0 Å². The number of urea groups is 1. The maximum Gasteiger partial charge on any atom is 0.318 e. The van der Waals surface area contributed by atoms with Gasteiger partial charge in [0.05, 0.1) is 12.1 Å². The van der Waals surface area contributed by atoms with Gasteiger partial charge in [0, 0.05) is 12.1 Å². The van der Waals surface area contributed by atoms with Crippen LogP contribution in [0, 0.1) is 0 Å². The molecule has 1 saturated carbocycles. The highest BCUT2D eigenvalue weighted by atomic mass is 16.3. The lowest BCUT2D eigenvalue weighted by Gasteiger charge is -2.38. The van der Waals surface area contributed by atoms with Crippen LogP contribution in [0.1, 0.15) is 105 Å². The fourth-order valence-corrected chi connectivity index (χ4v) is 3.66. The maximum atomic E-state index is 12.7. The van der Waals surface area contributed by atoms with E-state index in [9.17, 15) is 9.90 Å². The Morgan fingerprint density at radius 1 is 1.00 bits per heavy atom. The zero-order valence-corrected chi connectivity index (χ0v) is 17.1.